The summed E-state index contributed by atoms with van der Waals surface area (Å²) in [6.07, 6.45) is 3.74. The Morgan fingerprint density at radius 2 is 2.11 bits per heavy atom. The number of fused-ring (bicyclic) bond motifs is 1. The van der Waals surface area contributed by atoms with Gasteiger partial charge in [-0.2, -0.15) is 5.10 Å². The fourth-order valence-corrected chi connectivity index (χ4v) is 4.10. The van der Waals surface area contributed by atoms with Crippen LogP contribution in [0.2, 0.25) is 0 Å². The summed E-state index contributed by atoms with van der Waals surface area (Å²) in [7, 11) is 1.84. The second-order valence-corrected chi connectivity index (χ2v) is 7.70. The Kier molecular flexibility index (Phi) is 4.50. The molecule has 0 radical (unpaired) electrons. The molecule has 1 fully saturated rings. The van der Waals surface area contributed by atoms with Crippen LogP contribution in [0, 0.1) is 19.8 Å². The van der Waals surface area contributed by atoms with Crippen LogP contribution in [0.4, 0.5) is 0 Å². The number of ketones is 1. The van der Waals surface area contributed by atoms with Gasteiger partial charge in [-0.15, -0.1) is 0 Å². The number of rotatable bonds is 2. The summed E-state index contributed by atoms with van der Waals surface area (Å²) < 4.78 is 7.90. The Bertz CT molecular complexity index is 902. The molecule has 0 bridgehead atoms. The molecule has 1 aromatic heterocycles. The highest BCUT2D eigenvalue weighted by Crippen LogP contribution is 2.34. The number of likely N-dealkylation sites (tertiary alicyclic amines) is 1. The van der Waals surface area contributed by atoms with Crippen molar-refractivity contribution in [3.63, 3.8) is 0 Å². The zero-order valence-corrected chi connectivity index (χ0v) is 16.1. The third-order valence-corrected chi connectivity index (χ3v) is 5.84. The molecule has 6 heteroatoms. The number of carbonyl (C=O) groups is 2. The number of piperidine rings is 1. The number of carbonyl (C=O) groups excluding carboxylic acids is 2. The van der Waals surface area contributed by atoms with Gasteiger partial charge in [0.2, 0.25) is 0 Å². The molecule has 6 nitrogen and oxygen atoms in total. The van der Waals surface area contributed by atoms with Gasteiger partial charge in [-0.3, -0.25) is 14.3 Å². The molecule has 2 aromatic rings. The van der Waals surface area contributed by atoms with E-state index in [1.54, 1.807) is 10.9 Å². The molecular weight excluding hydrogens is 342 g/mol. The van der Waals surface area contributed by atoms with E-state index in [4.69, 9.17) is 4.74 Å². The lowest BCUT2D eigenvalue weighted by Gasteiger charge is -2.38. The molecule has 0 saturated carbocycles. The van der Waals surface area contributed by atoms with E-state index in [1.807, 2.05) is 44.0 Å². The molecule has 1 amide bonds. The van der Waals surface area contributed by atoms with Crippen LogP contribution in [0.1, 0.15) is 51.2 Å². The molecule has 1 saturated heterocycles. The van der Waals surface area contributed by atoms with Gasteiger partial charge in [0.05, 0.1) is 17.3 Å². The van der Waals surface area contributed by atoms with Gasteiger partial charge in [-0.1, -0.05) is 11.6 Å². The van der Waals surface area contributed by atoms with Gasteiger partial charge in [0, 0.05) is 38.2 Å². The van der Waals surface area contributed by atoms with Crippen LogP contribution >= 0.6 is 0 Å². The predicted molar refractivity (Wildman–Crippen MR) is 101 cm³/mol. The summed E-state index contributed by atoms with van der Waals surface area (Å²) in [5.74, 6) is 0.992. The third kappa shape index (κ3) is 3.24. The number of ether oxygens (including phenoxy) is 1. The topological polar surface area (TPSA) is 64.4 Å². The highest BCUT2D eigenvalue weighted by atomic mass is 16.5. The van der Waals surface area contributed by atoms with Gasteiger partial charge in [-0.25, -0.2) is 0 Å². The van der Waals surface area contributed by atoms with Gasteiger partial charge >= 0.3 is 0 Å². The lowest BCUT2D eigenvalue weighted by molar-refractivity contribution is 0.0408. The molecule has 27 heavy (non-hydrogen) atoms. The number of Topliss-reactive ketones (excluding diaryl/α,β-unsaturated/α-hetero) is 1. The molecule has 4 rings (SSSR count). The van der Waals surface area contributed by atoms with Crippen molar-refractivity contribution in [2.24, 2.45) is 13.0 Å². The molecule has 3 heterocycles. The molecule has 2 aliphatic heterocycles. The molecule has 0 spiro atoms. The van der Waals surface area contributed by atoms with E-state index in [-0.39, 0.29) is 23.7 Å². The van der Waals surface area contributed by atoms with Gasteiger partial charge < -0.3 is 9.64 Å². The number of benzene rings is 1. The van der Waals surface area contributed by atoms with Crippen molar-refractivity contribution in [3.8, 4) is 5.75 Å². The fourth-order valence-electron chi connectivity index (χ4n) is 4.10. The van der Waals surface area contributed by atoms with Crippen molar-refractivity contribution in [1.82, 2.24) is 14.7 Å². The minimum atomic E-state index is -0.168. The summed E-state index contributed by atoms with van der Waals surface area (Å²) in [6.45, 7) is 5.24. The standard InChI is InChI=1S/C21H25N3O3/c1-13-6-7-19-16(9-13)18(25)10-20(27-19)15-5-4-8-24(12-15)21(26)17-11-22-23(3)14(17)2/h6-7,9,11,15,20H,4-5,8,10,12H2,1-3H3/t15-,20-/m0/s1. The van der Waals surface area contributed by atoms with Crippen LogP contribution in [-0.4, -0.2) is 45.6 Å². The van der Waals surface area contributed by atoms with E-state index in [2.05, 4.69) is 5.10 Å². The van der Waals surface area contributed by atoms with E-state index < -0.39 is 0 Å². The number of nitrogens with zero attached hydrogens (tertiary/aromatic N) is 3. The van der Waals surface area contributed by atoms with Crippen LogP contribution in [0.15, 0.2) is 24.4 Å². The quantitative estimate of drug-likeness (QED) is 0.819. The average Bonchev–Trinajstić information content (AvgIpc) is 3.00. The molecule has 2 aliphatic rings. The maximum absolute atomic E-state index is 12.9. The van der Waals surface area contributed by atoms with Crippen LogP contribution in [0.3, 0.4) is 0 Å². The van der Waals surface area contributed by atoms with Gasteiger partial charge in [-0.05, 0) is 38.8 Å². The molecular formula is C21H25N3O3. The van der Waals surface area contributed by atoms with Crippen molar-refractivity contribution < 1.29 is 14.3 Å². The van der Waals surface area contributed by atoms with Crippen molar-refractivity contribution in [3.05, 3.63) is 46.8 Å². The Labute approximate surface area is 159 Å². The zero-order valence-electron chi connectivity index (χ0n) is 16.1. The maximum Gasteiger partial charge on any atom is 0.257 e. The first-order chi connectivity index (χ1) is 12.9. The Morgan fingerprint density at radius 3 is 2.85 bits per heavy atom. The second-order valence-electron chi connectivity index (χ2n) is 7.70. The van der Waals surface area contributed by atoms with Crippen molar-refractivity contribution in [2.75, 3.05) is 13.1 Å². The Balaban J connectivity index is 1.50. The molecule has 0 aliphatic carbocycles. The summed E-state index contributed by atoms with van der Waals surface area (Å²) >= 11 is 0. The molecule has 0 unspecified atom stereocenters. The molecule has 0 N–H and O–H groups in total. The highest BCUT2D eigenvalue weighted by molar-refractivity contribution is 6.00. The van der Waals surface area contributed by atoms with Crippen LogP contribution in [0.5, 0.6) is 5.75 Å². The second kappa shape index (κ2) is 6.83. The van der Waals surface area contributed by atoms with Crippen molar-refractivity contribution in [1.29, 1.82) is 0 Å². The minimum absolute atomic E-state index is 0.0171. The van der Waals surface area contributed by atoms with Gasteiger partial charge in [0.15, 0.2) is 5.78 Å². The lowest BCUT2D eigenvalue weighted by atomic mass is 9.86. The first-order valence-corrected chi connectivity index (χ1v) is 9.52. The van der Waals surface area contributed by atoms with Crippen molar-refractivity contribution in [2.45, 2.75) is 39.2 Å². The van der Waals surface area contributed by atoms with E-state index in [0.717, 1.165) is 30.6 Å². The monoisotopic (exact) mass is 367 g/mol. The largest absolute Gasteiger partial charge is 0.489 e. The van der Waals surface area contributed by atoms with E-state index >= 15 is 0 Å². The van der Waals surface area contributed by atoms with Gasteiger partial charge in [0.1, 0.15) is 11.9 Å². The van der Waals surface area contributed by atoms with E-state index in [0.29, 0.717) is 29.8 Å². The number of aromatic nitrogens is 2. The minimum Gasteiger partial charge on any atom is -0.489 e. The molecule has 1 aromatic carbocycles. The average molecular weight is 367 g/mol. The van der Waals surface area contributed by atoms with E-state index in [9.17, 15) is 9.59 Å². The van der Waals surface area contributed by atoms with E-state index in [1.165, 1.54) is 0 Å². The number of amides is 1. The first-order valence-electron chi connectivity index (χ1n) is 9.52. The summed E-state index contributed by atoms with van der Waals surface area (Å²) in [6, 6.07) is 5.76. The Morgan fingerprint density at radius 1 is 1.30 bits per heavy atom. The third-order valence-electron chi connectivity index (χ3n) is 5.84. The maximum atomic E-state index is 12.9. The Hall–Kier alpha value is -2.63. The smallest absolute Gasteiger partial charge is 0.257 e. The fraction of sp³-hybridized carbons (Fsp3) is 0.476. The number of hydrogen-bond donors (Lipinski definition) is 0. The normalized spacial score (nSPS) is 22.3. The summed E-state index contributed by atoms with van der Waals surface area (Å²) in [5, 5.41) is 4.18. The van der Waals surface area contributed by atoms with Gasteiger partial charge in [0.25, 0.3) is 5.91 Å². The SMILES string of the molecule is Cc1ccc2c(c1)C(=O)C[C@@H]([C@H]1CCCN(C(=O)c3cnn(C)c3C)C1)O2. The van der Waals surface area contributed by atoms with Crippen LogP contribution in [0.25, 0.3) is 0 Å². The number of hydrogen-bond acceptors (Lipinski definition) is 4. The predicted octanol–water partition coefficient (Wildman–Crippen LogP) is 2.92. The molecule has 2 atom stereocenters. The van der Waals surface area contributed by atoms with Crippen LogP contribution < -0.4 is 4.74 Å². The zero-order chi connectivity index (χ0) is 19.1. The lowest BCUT2D eigenvalue weighted by Crippen LogP contribution is -2.46. The molecule has 142 valence electrons. The first kappa shape index (κ1) is 17.8. The number of aryl methyl sites for hydroxylation is 2. The summed E-state index contributed by atoms with van der Waals surface area (Å²) in [4.78, 5) is 27.4. The van der Waals surface area contributed by atoms with Crippen molar-refractivity contribution >= 4 is 11.7 Å². The van der Waals surface area contributed by atoms with Crippen LogP contribution in [-0.2, 0) is 7.05 Å². The highest BCUT2D eigenvalue weighted by Gasteiger charge is 2.36. The summed E-state index contributed by atoms with van der Waals surface area (Å²) in [5.41, 5.74) is 3.27.